The Morgan fingerprint density at radius 3 is 2.57 bits per heavy atom. The minimum atomic E-state index is -0.384. The van der Waals surface area contributed by atoms with Gasteiger partial charge in [0.1, 0.15) is 11.5 Å². The van der Waals surface area contributed by atoms with Crippen LogP contribution >= 0.6 is 11.8 Å². The van der Waals surface area contributed by atoms with Crippen LogP contribution in [-0.4, -0.2) is 28.8 Å². The van der Waals surface area contributed by atoms with Gasteiger partial charge in [-0.3, -0.25) is 14.5 Å². The van der Waals surface area contributed by atoms with Crippen molar-refractivity contribution in [2.45, 2.75) is 18.9 Å². The molecule has 1 N–H and O–H groups in total. The number of amidine groups is 1. The van der Waals surface area contributed by atoms with E-state index >= 15 is 0 Å². The molecule has 1 aliphatic carbocycles. The number of anilines is 1. The van der Waals surface area contributed by atoms with Gasteiger partial charge in [-0.15, -0.1) is 0 Å². The van der Waals surface area contributed by atoms with Crippen LogP contribution in [0.25, 0.3) is 6.08 Å². The molecule has 0 spiro atoms. The molecule has 0 bridgehead atoms. The van der Waals surface area contributed by atoms with Crippen molar-refractivity contribution in [1.29, 1.82) is 0 Å². The highest BCUT2D eigenvalue weighted by molar-refractivity contribution is 8.14. The maximum Gasteiger partial charge on any atom is 0.283 e. The molecule has 1 fully saturated rings. The van der Waals surface area contributed by atoms with E-state index in [1.54, 1.807) is 6.08 Å². The molecule has 0 saturated heterocycles. The third-order valence-electron chi connectivity index (χ3n) is 4.29. The largest absolute Gasteiger partial charge is 0.353 e. The van der Waals surface area contributed by atoms with Gasteiger partial charge in [0, 0.05) is 6.04 Å². The van der Waals surface area contributed by atoms with Gasteiger partial charge in [0.2, 0.25) is 5.91 Å². The Bertz CT molecular complexity index is 953. The van der Waals surface area contributed by atoms with Gasteiger partial charge in [-0.05, 0) is 48.7 Å². The molecule has 28 heavy (non-hydrogen) atoms. The normalized spacial score (nSPS) is 17.8. The topological polar surface area (TPSA) is 61.8 Å². The fraction of sp³-hybridized carbons (Fsp3) is 0.190. The molecule has 2 aromatic rings. The quantitative estimate of drug-likeness (QED) is 0.787. The van der Waals surface area contributed by atoms with Crippen molar-refractivity contribution >= 4 is 40.5 Å². The van der Waals surface area contributed by atoms with E-state index in [2.05, 4.69) is 10.3 Å². The first-order chi connectivity index (χ1) is 13.6. The van der Waals surface area contributed by atoms with Crippen molar-refractivity contribution in [3.05, 3.63) is 71.7 Å². The zero-order valence-corrected chi connectivity index (χ0v) is 15.8. The van der Waals surface area contributed by atoms with Gasteiger partial charge in [0.05, 0.1) is 11.4 Å². The maximum absolute atomic E-state index is 13.3. The van der Waals surface area contributed by atoms with Crippen LogP contribution in [0.2, 0.25) is 0 Å². The molecule has 2 aromatic carbocycles. The number of hydrogen-bond donors (Lipinski definition) is 1. The Labute approximate surface area is 166 Å². The summed E-state index contributed by atoms with van der Waals surface area (Å²) in [5.74, 6) is -0.605. The SMILES string of the molecule is O=C(CSC1=NC(=Cc2ccccc2)C(=O)N1c1ccc(F)cc1)NC1CC1. The second-order valence-electron chi connectivity index (χ2n) is 6.58. The first kappa shape index (κ1) is 18.4. The predicted molar refractivity (Wildman–Crippen MR) is 109 cm³/mol. The molecule has 0 unspecified atom stereocenters. The van der Waals surface area contributed by atoms with Crippen molar-refractivity contribution < 1.29 is 14.0 Å². The summed E-state index contributed by atoms with van der Waals surface area (Å²) in [6.45, 7) is 0. The summed E-state index contributed by atoms with van der Waals surface area (Å²) in [6, 6.07) is 15.3. The Hall–Kier alpha value is -2.93. The molecule has 0 atom stereocenters. The van der Waals surface area contributed by atoms with Gasteiger partial charge in [0.25, 0.3) is 5.91 Å². The second kappa shape index (κ2) is 7.98. The fourth-order valence-corrected chi connectivity index (χ4v) is 3.57. The molecule has 2 amide bonds. The van der Waals surface area contributed by atoms with Crippen LogP contribution in [0.4, 0.5) is 10.1 Å². The summed E-state index contributed by atoms with van der Waals surface area (Å²) in [5, 5.41) is 3.33. The minimum absolute atomic E-state index is 0.0813. The van der Waals surface area contributed by atoms with Crippen LogP contribution < -0.4 is 10.2 Å². The molecule has 7 heteroatoms. The van der Waals surface area contributed by atoms with Crippen molar-refractivity contribution in [3.63, 3.8) is 0 Å². The van der Waals surface area contributed by atoms with Crippen LogP contribution in [-0.2, 0) is 9.59 Å². The van der Waals surface area contributed by atoms with Gasteiger partial charge in [-0.2, -0.15) is 0 Å². The second-order valence-corrected chi connectivity index (χ2v) is 7.52. The highest BCUT2D eigenvalue weighted by Gasteiger charge is 2.32. The van der Waals surface area contributed by atoms with E-state index < -0.39 is 0 Å². The lowest BCUT2D eigenvalue weighted by Gasteiger charge is -2.17. The minimum Gasteiger partial charge on any atom is -0.353 e. The maximum atomic E-state index is 13.3. The van der Waals surface area contributed by atoms with Crippen molar-refractivity contribution in [2.24, 2.45) is 4.99 Å². The molecule has 0 aromatic heterocycles. The first-order valence-corrected chi connectivity index (χ1v) is 9.96. The molecule has 1 saturated carbocycles. The van der Waals surface area contributed by atoms with Crippen LogP contribution in [0, 0.1) is 5.82 Å². The lowest BCUT2D eigenvalue weighted by atomic mass is 10.2. The van der Waals surface area contributed by atoms with E-state index in [4.69, 9.17) is 0 Å². The van der Waals surface area contributed by atoms with E-state index in [9.17, 15) is 14.0 Å². The zero-order chi connectivity index (χ0) is 19.5. The summed E-state index contributed by atoms with van der Waals surface area (Å²) in [6.07, 6.45) is 3.74. The molecule has 1 heterocycles. The number of rotatable bonds is 5. The van der Waals surface area contributed by atoms with Crippen molar-refractivity contribution in [1.82, 2.24) is 5.32 Å². The molecule has 1 aliphatic heterocycles. The average molecular weight is 395 g/mol. The third-order valence-corrected chi connectivity index (χ3v) is 5.23. The van der Waals surface area contributed by atoms with Gasteiger partial charge >= 0.3 is 0 Å². The van der Waals surface area contributed by atoms with Gasteiger partial charge in [-0.25, -0.2) is 9.38 Å². The Kier molecular flexibility index (Phi) is 5.25. The number of amides is 2. The number of carbonyl (C=O) groups is 2. The van der Waals surface area contributed by atoms with Crippen LogP contribution in [0.1, 0.15) is 18.4 Å². The number of carbonyl (C=O) groups excluding carboxylic acids is 2. The monoisotopic (exact) mass is 395 g/mol. The highest BCUT2D eigenvalue weighted by atomic mass is 32.2. The number of nitrogens with zero attached hydrogens (tertiary/aromatic N) is 2. The number of halogens is 1. The molecule has 4 rings (SSSR count). The van der Waals surface area contributed by atoms with E-state index in [1.807, 2.05) is 30.3 Å². The fourth-order valence-electron chi connectivity index (χ4n) is 2.75. The smallest absolute Gasteiger partial charge is 0.283 e. The first-order valence-electron chi connectivity index (χ1n) is 8.98. The van der Waals surface area contributed by atoms with Gasteiger partial charge < -0.3 is 5.32 Å². The number of nitrogens with one attached hydrogen (secondary N) is 1. The standard InChI is InChI=1S/C21H18FN3O2S/c22-15-6-10-17(11-7-15)25-20(27)18(12-14-4-2-1-3-5-14)24-21(25)28-13-19(26)23-16-8-9-16/h1-7,10-12,16H,8-9,13H2,(H,23,26). The lowest BCUT2D eigenvalue weighted by molar-refractivity contribution is -0.118. The van der Waals surface area contributed by atoms with Gasteiger partial charge in [-0.1, -0.05) is 42.1 Å². The molecule has 0 radical (unpaired) electrons. The molecular formula is C21H18FN3O2S. The summed E-state index contributed by atoms with van der Waals surface area (Å²) in [5.41, 5.74) is 1.64. The Morgan fingerprint density at radius 2 is 1.89 bits per heavy atom. The van der Waals surface area contributed by atoms with E-state index in [1.165, 1.54) is 40.9 Å². The Balaban J connectivity index is 1.59. The van der Waals surface area contributed by atoms with Crippen molar-refractivity contribution in [3.8, 4) is 0 Å². The summed E-state index contributed by atoms with van der Waals surface area (Å²) >= 11 is 1.20. The molecule has 142 valence electrons. The lowest BCUT2D eigenvalue weighted by Crippen LogP contribution is -2.32. The van der Waals surface area contributed by atoms with Crippen molar-refractivity contribution in [2.75, 3.05) is 10.7 Å². The summed E-state index contributed by atoms with van der Waals surface area (Å²) < 4.78 is 13.3. The van der Waals surface area contributed by atoms with Crippen LogP contribution in [0.3, 0.4) is 0 Å². The average Bonchev–Trinajstić information content (AvgIpc) is 3.46. The number of aliphatic imine (C=N–C) groups is 1. The van der Waals surface area contributed by atoms with Gasteiger partial charge in [0.15, 0.2) is 5.17 Å². The van der Waals surface area contributed by atoms with Crippen LogP contribution in [0.5, 0.6) is 0 Å². The summed E-state index contributed by atoms with van der Waals surface area (Å²) in [4.78, 5) is 30.9. The van der Waals surface area contributed by atoms with E-state index in [-0.39, 0.29) is 35.1 Å². The zero-order valence-electron chi connectivity index (χ0n) is 15.0. The highest BCUT2D eigenvalue weighted by Crippen LogP contribution is 2.29. The summed E-state index contributed by atoms with van der Waals surface area (Å²) in [7, 11) is 0. The predicted octanol–water partition coefficient (Wildman–Crippen LogP) is 3.58. The van der Waals surface area contributed by atoms with E-state index in [0.717, 1.165) is 18.4 Å². The van der Waals surface area contributed by atoms with E-state index in [0.29, 0.717) is 10.9 Å². The number of benzene rings is 2. The number of hydrogen-bond acceptors (Lipinski definition) is 4. The molecule has 5 nitrogen and oxygen atoms in total. The number of thioether (sulfide) groups is 1. The third kappa shape index (κ3) is 4.31. The van der Waals surface area contributed by atoms with Crippen LogP contribution in [0.15, 0.2) is 65.3 Å². The Morgan fingerprint density at radius 1 is 1.18 bits per heavy atom. The molecule has 2 aliphatic rings. The molecular weight excluding hydrogens is 377 g/mol.